The van der Waals surface area contributed by atoms with E-state index in [-0.39, 0.29) is 0 Å². The van der Waals surface area contributed by atoms with E-state index in [2.05, 4.69) is 26.1 Å². The molecule has 1 N–H and O–H groups in total. The SMILES string of the molecule is CCCC(C)OCC(NCC)C1CCCCC1. The van der Waals surface area contributed by atoms with E-state index in [1.807, 2.05) is 0 Å². The van der Waals surface area contributed by atoms with Gasteiger partial charge in [-0.25, -0.2) is 0 Å². The van der Waals surface area contributed by atoms with Gasteiger partial charge in [0, 0.05) is 6.04 Å². The predicted octanol–water partition coefficient (Wildman–Crippen LogP) is 3.75. The lowest BCUT2D eigenvalue weighted by atomic mass is 9.84. The molecule has 2 nitrogen and oxygen atoms in total. The van der Waals surface area contributed by atoms with E-state index >= 15 is 0 Å². The Balaban J connectivity index is 2.30. The second kappa shape index (κ2) is 8.93. The Morgan fingerprint density at radius 3 is 2.47 bits per heavy atom. The molecule has 0 saturated heterocycles. The van der Waals surface area contributed by atoms with Gasteiger partial charge in [0.25, 0.3) is 0 Å². The molecule has 1 aliphatic carbocycles. The van der Waals surface area contributed by atoms with Crippen LogP contribution in [0.1, 0.15) is 65.7 Å². The second-order valence-electron chi connectivity index (χ2n) is 5.49. The summed E-state index contributed by atoms with van der Waals surface area (Å²) >= 11 is 0. The molecule has 0 amide bonds. The highest BCUT2D eigenvalue weighted by Gasteiger charge is 2.23. The number of nitrogens with one attached hydrogen (secondary N) is 1. The summed E-state index contributed by atoms with van der Waals surface area (Å²) in [6, 6.07) is 0.583. The minimum Gasteiger partial charge on any atom is -0.377 e. The minimum absolute atomic E-state index is 0.421. The number of ether oxygens (including phenoxy) is 1. The fraction of sp³-hybridized carbons (Fsp3) is 1.00. The standard InChI is InChI=1S/C15H31NO/c1-4-9-13(3)17-12-15(16-5-2)14-10-7-6-8-11-14/h13-16H,4-12H2,1-3H3. The summed E-state index contributed by atoms with van der Waals surface area (Å²) in [5.41, 5.74) is 0. The lowest BCUT2D eigenvalue weighted by molar-refractivity contribution is 0.0288. The first-order valence-electron chi connectivity index (χ1n) is 7.62. The van der Waals surface area contributed by atoms with Crippen LogP contribution in [0.2, 0.25) is 0 Å². The van der Waals surface area contributed by atoms with E-state index in [1.165, 1.54) is 44.9 Å². The minimum atomic E-state index is 0.421. The summed E-state index contributed by atoms with van der Waals surface area (Å²) in [7, 11) is 0. The van der Waals surface area contributed by atoms with E-state index in [1.54, 1.807) is 0 Å². The fourth-order valence-corrected chi connectivity index (χ4v) is 2.92. The van der Waals surface area contributed by atoms with Gasteiger partial charge in [0.2, 0.25) is 0 Å². The van der Waals surface area contributed by atoms with E-state index in [4.69, 9.17) is 4.74 Å². The third-order valence-electron chi connectivity index (χ3n) is 3.94. The maximum Gasteiger partial charge on any atom is 0.0625 e. The summed E-state index contributed by atoms with van der Waals surface area (Å²) in [4.78, 5) is 0. The van der Waals surface area contributed by atoms with Crippen molar-refractivity contribution >= 4 is 0 Å². The maximum atomic E-state index is 5.99. The zero-order valence-corrected chi connectivity index (χ0v) is 12.0. The van der Waals surface area contributed by atoms with Gasteiger partial charge >= 0.3 is 0 Å². The van der Waals surface area contributed by atoms with Gasteiger partial charge in [0.15, 0.2) is 0 Å². The molecule has 17 heavy (non-hydrogen) atoms. The van der Waals surface area contributed by atoms with Gasteiger partial charge in [-0.2, -0.15) is 0 Å². The van der Waals surface area contributed by atoms with Crippen molar-refractivity contribution in [3.63, 3.8) is 0 Å². The molecule has 0 radical (unpaired) electrons. The molecule has 1 aliphatic rings. The van der Waals surface area contributed by atoms with Gasteiger partial charge in [0.05, 0.1) is 12.7 Å². The average molecular weight is 241 g/mol. The molecule has 2 atom stereocenters. The zero-order chi connectivity index (χ0) is 12.5. The summed E-state index contributed by atoms with van der Waals surface area (Å²) in [6.45, 7) is 8.59. The quantitative estimate of drug-likeness (QED) is 0.699. The monoisotopic (exact) mass is 241 g/mol. The highest BCUT2D eigenvalue weighted by atomic mass is 16.5. The lowest BCUT2D eigenvalue weighted by Crippen LogP contribution is -2.41. The van der Waals surface area contributed by atoms with Crippen LogP contribution in [0.5, 0.6) is 0 Å². The lowest BCUT2D eigenvalue weighted by Gasteiger charge is -2.31. The van der Waals surface area contributed by atoms with Crippen molar-refractivity contribution in [2.75, 3.05) is 13.2 Å². The highest BCUT2D eigenvalue weighted by molar-refractivity contribution is 4.79. The Labute approximate surface area is 108 Å². The summed E-state index contributed by atoms with van der Waals surface area (Å²) < 4.78 is 5.99. The Hall–Kier alpha value is -0.0800. The van der Waals surface area contributed by atoms with E-state index < -0.39 is 0 Å². The second-order valence-corrected chi connectivity index (χ2v) is 5.49. The smallest absolute Gasteiger partial charge is 0.0625 e. The summed E-state index contributed by atoms with van der Waals surface area (Å²) in [6.07, 6.45) is 9.87. The zero-order valence-electron chi connectivity index (χ0n) is 12.0. The Bertz CT molecular complexity index is 178. The van der Waals surface area contributed by atoms with E-state index in [0.29, 0.717) is 12.1 Å². The highest BCUT2D eigenvalue weighted by Crippen LogP contribution is 2.26. The maximum absolute atomic E-state index is 5.99. The van der Waals surface area contributed by atoms with Crippen molar-refractivity contribution in [3.05, 3.63) is 0 Å². The number of hydrogen-bond donors (Lipinski definition) is 1. The molecule has 1 saturated carbocycles. The summed E-state index contributed by atoms with van der Waals surface area (Å²) in [5.74, 6) is 0.845. The molecule has 0 heterocycles. The predicted molar refractivity (Wildman–Crippen MR) is 74.4 cm³/mol. The van der Waals surface area contributed by atoms with Gasteiger partial charge in [0.1, 0.15) is 0 Å². The van der Waals surface area contributed by atoms with Crippen LogP contribution in [-0.2, 0) is 4.74 Å². The molecule has 0 bridgehead atoms. The van der Waals surface area contributed by atoms with Crippen molar-refractivity contribution in [1.82, 2.24) is 5.32 Å². The third-order valence-corrected chi connectivity index (χ3v) is 3.94. The normalized spacial score (nSPS) is 21.4. The van der Waals surface area contributed by atoms with Crippen LogP contribution in [0, 0.1) is 5.92 Å². The molecule has 0 aromatic rings. The Morgan fingerprint density at radius 1 is 1.18 bits per heavy atom. The van der Waals surface area contributed by atoms with Crippen LogP contribution in [0.15, 0.2) is 0 Å². The van der Waals surface area contributed by atoms with Crippen LogP contribution >= 0.6 is 0 Å². The van der Waals surface area contributed by atoms with Crippen molar-refractivity contribution in [3.8, 4) is 0 Å². The molecular formula is C15H31NO. The Kier molecular flexibility index (Phi) is 7.87. The van der Waals surface area contributed by atoms with Gasteiger partial charge in [-0.1, -0.05) is 39.5 Å². The molecule has 0 aromatic carbocycles. The Morgan fingerprint density at radius 2 is 1.88 bits per heavy atom. The van der Waals surface area contributed by atoms with Crippen molar-refractivity contribution in [2.24, 2.45) is 5.92 Å². The summed E-state index contributed by atoms with van der Waals surface area (Å²) in [5, 5.41) is 3.62. The van der Waals surface area contributed by atoms with Gasteiger partial charge in [-0.05, 0) is 38.6 Å². The van der Waals surface area contributed by atoms with E-state index in [0.717, 1.165) is 19.1 Å². The topological polar surface area (TPSA) is 21.3 Å². The molecule has 1 rings (SSSR count). The fourth-order valence-electron chi connectivity index (χ4n) is 2.92. The van der Waals surface area contributed by atoms with Crippen LogP contribution in [0.4, 0.5) is 0 Å². The van der Waals surface area contributed by atoms with Crippen molar-refractivity contribution in [1.29, 1.82) is 0 Å². The molecule has 2 heteroatoms. The number of hydrogen-bond acceptors (Lipinski definition) is 2. The molecule has 102 valence electrons. The molecule has 2 unspecified atom stereocenters. The van der Waals surface area contributed by atoms with Gasteiger partial charge in [-0.3, -0.25) is 0 Å². The first kappa shape index (κ1) is 15.0. The van der Waals surface area contributed by atoms with Crippen LogP contribution in [0.3, 0.4) is 0 Å². The molecule has 0 aromatic heterocycles. The number of rotatable bonds is 8. The molecule has 0 aliphatic heterocycles. The van der Waals surface area contributed by atoms with Crippen molar-refractivity contribution < 1.29 is 4.74 Å². The average Bonchev–Trinajstić information content (AvgIpc) is 2.36. The molecule has 1 fully saturated rings. The van der Waals surface area contributed by atoms with E-state index in [9.17, 15) is 0 Å². The van der Waals surface area contributed by atoms with Gasteiger partial charge < -0.3 is 10.1 Å². The number of likely N-dealkylation sites (N-methyl/N-ethyl adjacent to an activating group) is 1. The molecule has 0 spiro atoms. The van der Waals surface area contributed by atoms with Crippen LogP contribution < -0.4 is 5.32 Å². The van der Waals surface area contributed by atoms with Crippen LogP contribution in [0.25, 0.3) is 0 Å². The largest absolute Gasteiger partial charge is 0.377 e. The van der Waals surface area contributed by atoms with Crippen LogP contribution in [-0.4, -0.2) is 25.3 Å². The first-order chi connectivity index (χ1) is 8.27. The third kappa shape index (κ3) is 5.87. The van der Waals surface area contributed by atoms with Crippen molar-refractivity contribution in [2.45, 2.75) is 77.9 Å². The first-order valence-corrected chi connectivity index (χ1v) is 7.62. The van der Waals surface area contributed by atoms with Gasteiger partial charge in [-0.15, -0.1) is 0 Å². The molecular weight excluding hydrogens is 210 g/mol.